The second kappa shape index (κ2) is 7.03. The van der Waals surface area contributed by atoms with E-state index in [0.717, 1.165) is 27.1 Å². The molecule has 0 spiro atoms. The molecule has 5 nitrogen and oxygen atoms in total. The molecule has 0 aliphatic heterocycles. The van der Waals surface area contributed by atoms with Crippen LogP contribution in [0.5, 0.6) is 5.75 Å². The third-order valence-corrected chi connectivity index (χ3v) is 3.68. The molecule has 0 fully saturated rings. The SMILES string of the molecule is O=c1n(-c2cccc(OC(F)C(F)(F)F)c2)cnn1SC(Cl)(Cl)Cl. The van der Waals surface area contributed by atoms with Crippen LogP contribution in [0.4, 0.5) is 17.6 Å². The molecule has 1 atom stereocenters. The monoisotopic (exact) mass is 425 g/mol. The van der Waals surface area contributed by atoms with Crippen molar-refractivity contribution >= 4 is 46.8 Å². The van der Waals surface area contributed by atoms with Crippen LogP contribution in [0.15, 0.2) is 35.4 Å². The van der Waals surface area contributed by atoms with E-state index in [4.69, 9.17) is 34.8 Å². The maximum absolute atomic E-state index is 12.9. The molecule has 132 valence electrons. The van der Waals surface area contributed by atoms with Crippen molar-refractivity contribution in [1.29, 1.82) is 0 Å². The maximum Gasteiger partial charge on any atom is 0.457 e. The van der Waals surface area contributed by atoms with Gasteiger partial charge in [0.25, 0.3) is 3.12 Å². The van der Waals surface area contributed by atoms with Crippen molar-refractivity contribution in [3.8, 4) is 11.4 Å². The summed E-state index contributed by atoms with van der Waals surface area (Å²) in [6.07, 6.45) is -7.60. The summed E-state index contributed by atoms with van der Waals surface area (Å²) in [6, 6.07) is 4.79. The molecule has 1 aromatic heterocycles. The van der Waals surface area contributed by atoms with Crippen molar-refractivity contribution in [3.05, 3.63) is 41.1 Å². The molecule has 0 aliphatic rings. The normalized spacial score (nSPS) is 13.8. The smallest absolute Gasteiger partial charge is 0.452 e. The van der Waals surface area contributed by atoms with E-state index in [-0.39, 0.29) is 5.69 Å². The first-order chi connectivity index (χ1) is 11.0. The predicted molar refractivity (Wildman–Crippen MR) is 82.7 cm³/mol. The number of rotatable bonds is 4. The zero-order chi connectivity index (χ0) is 18.1. The van der Waals surface area contributed by atoms with Crippen molar-refractivity contribution < 1.29 is 22.3 Å². The van der Waals surface area contributed by atoms with E-state index in [9.17, 15) is 22.4 Å². The summed E-state index contributed by atoms with van der Waals surface area (Å²) in [4.78, 5) is 12.1. The van der Waals surface area contributed by atoms with Gasteiger partial charge in [-0.2, -0.15) is 17.6 Å². The van der Waals surface area contributed by atoms with Gasteiger partial charge in [0.05, 0.1) is 5.69 Å². The number of benzene rings is 1. The van der Waals surface area contributed by atoms with Gasteiger partial charge in [-0.15, -0.1) is 9.19 Å². The van der Waals surface area contributed by atoms with Crippen LogP contribution in [-0.4, -0.2) is 29.4 Å². The van der Waals surface area contributed by atoms with Gasteiger partial charge in [-0.1, -0.05) is 40.9 Å². The topological polar surface area (TPSA) is 49.1 Å². The molecule has 2 rings (SSSR count). The Morgan fingerprint density at radius 2 is 1.92 bits per heavy atom. The molecule has 13 heteroatoms. The lowest BCUT2D eigenvalue weighted by Gasteiger charge is -2.14. The minimum atomic E-state index is -5.17. The van der Waals surface area contributed by atoms with Crippen molar-refractivity contribution in [3.63, 3.8) is 0 Å². The highest BCUT2D eigenvalue weighted by atomic mass is 35.6. The first kappa shape index (κ1) is 19.2. The van der Waals surface area contributed by atoms with Gasteiger partial charge in [0, 0.05) is 18.0 Å². The third-order valence-electron chi connectivity index (χ3n) is 2.42. The largest absolute Gasteiger partial charge is 0.457 e. The van der Waals surface area contributed by atoms with Crippen molar-refractivity contribution in [1.82, 2.24) is 13.8 Å². The van der Waals surface area contributed by atoms with Gasteiger partial charge in [0.1, 0.15) is 12.1 Å². The van der Waals surface area contributed by atoms with E-state index in [2.05, 4.69) is 9.84 Å². The number of halogens is 7. The van der Waals surface area contributed by atoms with Gasteiger partial charge in [-0.25, -0.2) is 9.36 Å². The van der Waals surface area contributed by atoms with Crippen molar-refractivity contribution in [2.45, 2.75) is 15.7 Å². The second-order valence-electron chi connectivity index (χ2n) is 4.17. The predicted octanol–water partition coefficient (Wildman–Crippen LogP) is 4.09. The van der Waals surface area contributed by atoms with Gasteiger partial charge in [0.15, 0.2) is 0 Å². The van der Waals surface area contributed by atoms with Crippen LogP contribution in [-0.2, 0) is 0 Å². The maximum atomic E-state index is 12.9. The van der Waals surface area contributed by atoms with Crippen LogP contribution in [0.2, 0.25) is 0 Å². The van der Waals surface area contributed by atoms with E-state index in [1.807, 2.05) is 0 Å². The first-order valence-corrected chi connectivity index (χ1v) is 7.79. The molecule has 0 saturated carbocycles. The molecule has 0 aliphatic carbocycles. The van der Waals surface area contributed by atoms with Crippen LogP contribution in [0.3, 0.4) is 0 Å². The van der Waals surface area contributed by atoms with Crippen molar-refractivity contribution in [2.75, 3.05) is 0 Å². The van der Waals surface area contributed by atoms with Crippen LogP contribution in [0.25, 0.3) is 5.69 Å². The van der Waals surface area contributed by atoms with Crippen LogP contribution < -0.4 is 10.4 Å². The van der Waals surface area contributed by atoms with Crippen LogP contribution in [0, 0.1) is 0 Å². The van der Waals surface area contributed by atoms with E-state index in [0.29, 0.717) is 11.9 Å². The molecule has 0 bridgehead atoms. The summed E-state index contributed by atoms with van der Waals surface area (Å²) in [6.45, 7) is 0. The lowest BCUT2D eigenvalue weighted by Crippen LogP contribution is -2.29. The Bertz CT molecular complexity index is 775. The zero-order valence-electron chi connectivity index (χ0n) is 11.2. The Kier molecular flexibility index (Phi) is 5.63. The highest BCUT2D eigenvalue weighted by molar-refractivity contribution is 8.03. The number of hydrogen-bond acceptors (Lipinski definition) is 4. The molecule has 0 radical (unpaired) electrons. The lowest BCUT2D eigenvalue weighted by molar-refractivity contribution is -0.236. The van der Waals surface area contributed by atoms with Crippen molar-refractivity contribution in [2.24, 2.45) is 0 Å². The number of alkyl halides is 7. The minimum absolute atomic E-state index is 0.0861. The molecule has 24 heavy (non-hydrogen) atoms. The molecule has 1 aromatic carbocycles. The fourth-order valence-electron chi connectivity index (χ4n) is 1.52. The van der Waals surface area contributed by atoms with Gasteiger partial charge >= 0.3 is 18.2 Å². The number of hydrogen-bond donors (Lipinski definition) is 0. The first-order valence-electron chi connectivity index (χ1n) is 5.88. The number of ether oxygens (including phenoxy) is 1. The Morgan fingerprint density at radius 3 is 2.50 bits per heavy atom. The Hall–Kier alpha value is -1.10. The quantitative estimate of drug-likeness (QED) is 0.546. The van der Waals surface area contributed by atoms with Gasteiger partial charge in [0.2, 0.25) is 0 Å². The Morgan fingerprint density at radius 1 is 1.25 bits per heavy atom. The fraction of sp³-hybridized carbons (Fsp3) is 0.273. The van der Waals surface area contributed by atoms with E-state index in [1.165, 1.54) is 12.1 Å². The summed E-state index contributed by atoms with van der Waals surface area (Å²) in [5, 5.41) is 3.69. The third kappa shape index (κ3) is 4.95. The minimum Gasteiger partial charge on any atom is -0.452 e. The Labute approximate surface area is 151 Å². The highest BCUT2D eigenvalue weighted by Gasteiger charge is 2.42. The molecular formula is C11H6Cl3F4N3O2S. The molecular weight excluding hydrogens is 421 g/mol. The van der Waals surface area contributed by atoms with Crippen LogP contribution in [0.1, 0.15) is 0 Å². The average molecular weight is 427 g/mol. The second-order valence-corrected chi connectivity index (χ2v) is 8.26. The molecule has 1 unspecified atom stereocenters. The van der Waals surface area contributed by atoms with E-state index < -0.39 is 27.1 Å². The molecule has 0 N–H and O–H groups in total. The van der Waals surface area contributed by atoms with Gasteiger partial charge in [-0.05, 0) is 12.1 Å². The number of aromatic nitrogens is 3. The molecule has 0 saturated heterocycles. The van der Waals surface area contributed by atoms with Crippen LogP contribution >= 0.6 is 46.8 Å². The summed E-state index contributed by atoms with van der Waals surface area (Å²) < 4.78 is 53.5. The number of nitrogens with zero attached hydrogens (tertiary/aromatic N) is 3. The highest BCUT2D eigenvalue weighted by Crippen LogP contribution is 2.38. The average Bonchev–Trinajstić information content (AvgIpc) is 2.77. The van der Waals surface area contributed by atoms with E-state index in [1.54, 1.807) is 0 Å². The standard InChI is InChI=1S/C11H6Cl3F4N3O2S/c12-11(13,14)24-21-9(22)20(5-19-21)6-2-1-3-7(4-6)23-8(15)10(16,17)18/h1-5,8H. The molecule has 2 aromatic rings. The summed E-state index contributed by atoms with van der Waals surface area (Å²) in [7, 11) is 0. The molecule has 1 heterocycles. The van der Waals surface area contributed by atoms with E-state index >= 15 is 0 Å². The summed E-state index contributed by atoms with van der Waals surface area (Å²) in [5.74, 6) is -0.425. The van der Waals surface area contributed by atoms with Gasteiger partial charge < -0.3 is 4.74 Å². The zero-order valence-corrected chi connectivity index (χ0v) is 14.3. The van der Waals surface area contributed by atoms with Gasteiger partial charge in [-0.3, -0.25) is 0 Å². The fourth-order valence-corrected chi connectivity index (χ4v) is 2.56. The lowest BCUT2D eigenvalue weighted by atomic mass is 10.3. The summed E-state index contributed by atoms with van der Waals surface area (Å²) in [5.41, 5.74) is -0.654. The molecule has 0 amide bonds. The summed E-state index contributed by atoms with van der Waals surface area (Å²) >= 11 is 17.1. The Balaban J connectivity index is 2.28.